The third kappa shape index (κ3) is 2.63. The second-order valence-corrected chi connectivity index (χ2v) is 4.88. The summed E-state index contributed by atoms with van der Waals surface area (Å²) in [5.41, 5.74) is 1.15. The van der Waals surface area contributed by atoms with Crippen LogP contribution in [0.4, 0.5) is 0 Å². The average Bonchev–Trinajstić information content (AvgIpc) is 2.74. The highest BCUT2D eigenvalue weighted by molar-refractivity contribution is 7.99. The van der Waals surface area contributed by atoms with E-state index in [0.717, 1.165) is 11.3 Å². The van der Waals surface area contributed by atoms with E-state index in [0.29, 0.717) is 21.7 Å². The first-order valence-corrected chi connectivity index (χ1v) is 6.40. The topological polar surface area (TPSA) is 49.8 Å². The maximum Gasteiger partial charge on any atom is 0.228 e. The Morgan fingerprint density at radius 2 is 2.12 bits per heavy atom. The van der Waals surface area contributed by atoms with Gasteiger partial charge < -0.3 is 4.42 Å². The first-order chi connectivity index (χ1) is 8.24. The van der Waals surface area contributed by atoms with E-state index in [1.807, 2.05) is 25.1 Å². The molecule has 0 saturated carbocycles. The van der Waals surface area contributed by atoms with Gasteiger partial charge in [-0.2, -0.15) is 10.2 Å². The van der Waals surface area contributed by atoms with E-state index in [9.17, 15) is 0 Å². The maximum atomic E-state index is 8.94. The summed E-state index contributed by atoms with van der Waals surface area (Å²) in [5.74, 6) is 1.29. The molecule has 17 heavy (non-hydrogen) atoms. The van der Waals surface area contributed by atoms with Crippen molar-refractivity contribution in [1.82, 2.24) is 4.98 Å². The van der Waals surface area contributed by atoms with Crippen LogP contribution in [0.2, 0.25) is 5.02 Å². The van der Waals surface area contributed by atoms with E-state index in [2.05, 4.69) is 4.98 Å². The third-order valence-corrected chi connectivity index (χ3v) is 3.15. The molecule has 0 N–H and O–H groups in total. The van der Waals surface area contributed by atoms with Crippen LogP contribution >= 0.6 is 23.4 Å². The molecule has 1 aromatic carbocycles. The smallest absolute Gasteiger partial charge is 0.228 e. The minimum absolute atomic E-state index is 0.335. The Morgan fingerprint density at radius 1 is 1.41 bits per heavy atom. The van der Waals surface area contributed by atoms with Crippen molar-refractivity contribution in [3.8, 4) is 17.5 Å². The number of hydrogen-bond donors (Lipinski definition) is 0. The molecule has 3 nitrogen and oxygen atoms in total. The van der Waals surface area contributed by atoms with Crippen LogP contribution in [-0.4, -0.2) is 10.7 Å². The molecule has 0 atom stereocenters. The largest absolute Gasteiger partial charge is 0.428 e. The van der Waals surface area contributed by atoms with E-state index >= 15 is 0 Å². The number of rotatable bonds is 3. The molecule has 0 saturated heterocycles. The van der Waals surface area contributed by atoms with Crippen molar-refractivity contribution in [1.29, 1.82) is 5.26 Å². The number of hydrogen-bond acceptors (Lipinski definition) is 4. The third-order valence-electron chi connectivity index (χ3n) is 2.07. The fraction of sp³-hybridized carbons (Fsp3) is 0.167. The molecular formula is C12H9ClN2OS. The van der Waals surface area contributed by atoms with Crippen LogP contribution in [-0.2, 0) is 0 Å². The zero-order valence-corrected chi connectivity index (χ0v) is 10.7. The molecule has 1 aromatic heterocycles. The van der Waals surface area contributed by atoms with Gasteiger partial charge in [0.2, 0.25) is 5.89 Å². The van der Waals surface area contributed by atoms with Crippen LogP contribution in [0, 0.1) is 11.3 Å². The molecule has 0 aliphatic carbocycles. The Balaban J connectivity index is 2.40. The molecule has 0 unspecified atom stereocenters. The molecule has 1 heterocycles. The molecular weight excluding hydrogens is 256 g/mol. The predicted octanol–water partition coefficient (Wildman–Crippen LogP) is 3.98. The Bertz CT molecular complexity index is 557. The molecule has 86 valence electrons. The van der Waals surface area contributed by atoms with Crippen molar-refractivity contribution in [2.24, 2.45) is 0 Å². The van der Waals surface area contributed by atoms with Gasteiger partial charge in [0.15, 0.2) is 10.8 Å². The zero-order chi connectivity index (χ0) is 12.3. The van der Waals surface area contributed by atoms with E-state index in [4.69, 9.17) is 21.3 Å². The Kier molecular flexibility index (Phi) is 3.72. The predicted molar refractivity (Wildman–Crippen MR) is 68.1 cm³/mol. The quantitative estimate of drug-likeness (QED) is 0.787. The summed E-state index contributed by atoms with van der Waals surface area (Å²) in [6.45, 7) is 2.00. The monoisotopic (exact) mass is 264 g/mol. The van der Waals surface area contributed by atoms with Crippen LogP contribution in [0.3, 0.4) is 0 Å². The molecule has 0 aliphatic heterocycles. The van der Waals surface area contributed by atoms with Crippen molar-refractivity contribution in [3.63, 3.8) is 0 Å². The molecule has 0 bridgehead atoms. The number of halogens is 1. The number of oxazole rings is 1. The number of benzene rings is 1. The van der Waals surface area contributed by atoms with Gasteiger partial charge >= 0.3 is 0 Å². The lowest BCUT2D eigenvalue weighted by Crippen LogP contribution is -1.78. The molecule has 2 aromatic rings. The average molecular weight is 265 g/mol. The fourth-order valence-corrected chi connectivity index (χ4v) is 2.08. The van der Waals surface area contributed by atoms with Gasteiger partial charge in [-0.05, 0) is 30.0 Å². The summed E-state index contributed by atoms with van der Waals surface area (Å²) in [4.78, 5) is 4.16. The highest BCUT2D eigenvalue weighted by Gasteiger charge is 2.14. The summed E-state index contributed by atoms with van der Waals surface area (Å²) in [6, 6.07) is 9.19. The van der Waals surface area contributed by atoms with Crippen LogP contribution < -0.4 is 0 Å². The van der Waals surface area contributed by atoms with Crippen molar-refractivity contribution in [2.45, 2.75) is 12.0 Å². The molecule has 5 heteroatoms. The lowest BCUT2D eigenvalue weighted by atomic mass is 10.2. The van der Waals surface area contributed by atoms with Gasteiger partial charge in [-0.3, -0.25) is 0 Å². The van der Waals surface area contributed by atoms with Gasteiger partial charge in [-0.25, -0.2) is 0 Å². The summed E-state index contributed by atoms with van der Waals surface area (Å²) in [7, 11) is 0. The molecule has 2 rings (SSSR count). The number of nitrogens with zero attached hydrogens (tertiary/aromatic N) is 2. The second kappa shape index (κ2) is 5.26. The van der Waals surface area contributed by atoms with Gasteiger partial charge in [0.1, 0.15) is 6.07 Å². The Morgan fingerprint density at radius 3 is 2.71 bits per heavy atom. The van der Waals surface area contributed by atoms with Gasteiger partial charge in [0.05, 0.1) is 0 Å². The van der Waals surface area contributed by atoms with Crippen LogP contribution in [0.1, 0.15) is 12.6 Å². The van der Waals surface area contributed by atoms with Crippen molar-refractivity contribution < 1.29 is 4.42 Å². The van der Waals surface area contributed by atoms with Crippen molar-refractivity contribution in [3.05, 3.63) is 35.0 Å². The summed E-state index contributed by atoms with van der Waals surface area (Å²) >= 11 is 7.27. The molecule has 0 radical (unpaired) electrons. The highest BCUT2D eigenvalue weighted by atomic mass is 35.5. The standard InChI is InChI=1S/C12H9ClN2OS/c1-2-17-12-10(7-14)15-11(16-12)8-3-5-9(13)6-4-8/h3-6H,2H2,1H3. The normalized spacial score (nSPS) is 10.2. The lowest BCUT2D eigenvalue weighted by Gasteiger charge is -1.95. The first-order valence-electron chi connectivity index (χ1n) is 5.04. The Labute approximate surface area is 108 Å². The Hall–Kier alpha value is -1.44. The van der Waals surface area contributed by atoms with E-state index < -0.39 is 0 Å². The number of nitriles is 1. The van der Waals surface area contributed by atoms with Crippen LogP contribution in [0.25, 0.3) is 11.5 Å². The summed E-state index contributed by atoms with van der Waals surface area (Å²) in [6.07, 6.45) is 0. The summed E-state index contributed by atoms with van der Waals surface area (Å²) in [5, 5.41) is 10.2. The SMILES string of the molecule is CCSc1oc(-c2ccc(Cl)cc2)nc1C#N. The fourth-order valence-electron chi connectivity index (χ4n) is 1.32. The molecule has 0 fully saturated rings. The van der Waals surface area contributed by atoms with Crippen LogP contribution in [0.15, 0.2) is 33.8 Å². The minimum atomic E-state index is 0.335. The molecule has 0 spiro atoms. The number of aromatic nitrogens is 1. The van der Waals surface area contributed by atoms with Crippen molar-refractivity contribution in [2.75, 3.05) is 5.75 Å². The van der Waals surface area contributed by atoms with Crippen molar-refractivity contribution >= 4 is 23.4 Å². The summed E-state index contributed by atoms with van der Waals surface area (Å²) < 4.78 is 5.56. The molecule has 0 aliphatic rings. The highest BCUT2D eigenvalue weighted by Crippen LogP contribution is 2.29. The zero-order valence-electron chi connectivity index (χ0n) is 9.11. The minimum Gasteiger partial charge on any atom is -0.428 e. The van der Waals surface area contributed by atoms with Gasteiger partial charge in [-0.15, -0.1) is 0 Å². The van der Waals surface area contributed by atoms with Gasteiger partial charge in [0, 0.05) is 10.6 Å². The second-order valence-electron chi connectivity index (χ2n) is 3.21. The molecule has 0 amide bonds. The van der Waals surface area contributed by atoms with Gasteiger partial charge in [0.25, 0.3) is 0 Å². The first kappa shape index (κ1) is 12.0. The maximum absolute atomic E-state index is 8.94. The van der Waals surface area contributed by atoms with E-state index in [-0.39, 0.29) is 0 Å². The van der Waals surface area contributed by atoms with E-state index in [1.165, 1.54) is 11.8 Å². The number of thioether (sulfide) groups is 1. The van der Waals surface area contributed by atoms with E-state index in [1.54, 1.807) is 12.1 Å². The van der Waals surface area contributed by atoms with Crippen LogP contribution in [0.5, 0.6) is 0 Å². The van der Waals surface area contributed by atoms with Gasteiger partial charge in [-0.1, -0.05) is 30.3 Å². The lowest BCUT2D eigenvalue weighted by molar-refractivity contribution is 0.483.